The van der Waals surface area contributed by atoms with Crippen molar-refractivity contribution in [2.24, 2.45) is 0 Å². The molecule has 9 heteroatoms. The fourth-order valence-corrected chi connectivity index (χ4v) is 3.29. The van der Waals surface area contributed by atoms with E-state index >= 15 is 0 Å². The van der Waals surface area contributed by atoms with E-state index < -0.39 is 11.1 Å². The smallest absolute Gasteiger partial charge is 0.237 e. The Morgan fingerprint density at radius 3 is 2.90 bits per heavy atom. The first kappa shape index (κ1) is 15.0. The summed E-state index contributed by atoms with van der Waals surface area (Å²) in [7, 11) is 0. The Balaban J connectivity index is 2.00. The van der Waals surface area contributed by atoms with Crippen molar-refractivity contribution < 1.29 is 9.18 Å². The lowest BCUT2D eigenvalue weighted by atomic mass is 10.3. The van der Waals surface area contributed by atoms with Crippen molar-refractivity contribution in [1.29, 1.82) is 0 Å². The lowest BCUT2D eigenvalue weighted by Gasteiger charge is -2.11. The van der Waals surface area contributed by atoms with Crippen LogP contribution in [0.4, 0.5) is 15.2 Å². The zero-order valence-electron chi connectivity index (χ0n) is 10.3. The summed E-state index contributed by atoms with van der Waals surface area (Å²) in [5, 5.41) is 10.2. The Bertz CT molecular complexity index is 637. The molecule has 1 aromatic carbocycles. The van der Waals surface area contributed by atoms with Gasteiger partial charge >= 0.3 is 0 Å². The Kier molecular flexibility index (Phi) is 4.79. The summed E-state index contributed by atoms with van der Waals surface area (Å²) in [5.41, 5.74) is 5.83. The van der Waals surface area contributed by atoms with Gasteiger partial charge in [-0.2, -0.15) is 0 Å². The number of benzene rings is 1. The maximum Gasteiger partial charge on any atom is 0.237 e. The van der Waals surface area contributed by atoms with Crippen LogP contribution in [0.5, 0.6) is 0 Å². The lowest BCUT2D eigenvalue weighted by molar-refractivity contribution is -0.115. The van der Waals surface area contributed by atoms with Crippen molar-refractivity contribution >= 4 is 51.4 Å². The van der Waals surface area contributed by atoms with Crippen molar-refractivity contribution in [3.63, 3.8) is 0 Å². The van der Waals surface area contributed by atoms with Gasteiger partial charge in [-0.15, -0.1) is 10.2 Å². The number of nitrogens with two attached hydrogens (primary N) is 1. The van der Waals surface area contributed by atoms with E-state index in [-0.39, 0.29) is 10.9 Å². The zero-order chi connectivity index (χ0) is 14.7. The van der Waals surface area contributed by atoms with E-state index in [1.165, 1.54) is 35.2 Å². The maximum atomic E-state index is 12.9. The number of halogens is 2. The Morgan fingerprint density at radius 2 is 2.30 bits per heavy atom. The van der Waals surface area contributed by atoms with Gasteiger partial charge in [-0.3, -0.25) is 4.79 Å². The summed E-state index contributed by atoms with van der Waals surface area (Å²) < 4.78 is 13.5. The van der Waals surface area contributed by atoms with Gasteiger partial charge in [0.15, 0.2) is 4.34 Å². The molecule has 0 aliphatic heterocycles. The van der Waals surface area contributed by atoms with E-state index in [9.17, 15) is 9.18 Å². The summed E-state index contributed by atoms with van der Waals surface area (Å²) in [6.45, 7) is 1.72. The Morgan fingerprint density at radius 1 is 1.55 bits per heavy atom. The predicted molar refractivity (Wildman–Crippen MR) is 79.7 cm³/mol. The van der Waals surface area contributed by atoms with Crippen LogP contribution in [0, 0.1) is 5.82 Å². The molecule has 106 valence electrons. The number of carbonyl (C=O) groups is 1. The number of thioether (sulfide) groups is 1. The molecular weight excluding hydrogens is 323 g/mol. The molecule has 0 bridgehead atoms. The van der Waals surface area contributed by atoms with E-state index in [4.69, 9.17) is 17.3 Å². The molecule has 0 aliphatic carbocycles. The molecule has 0 saturated heterocycles. The highest BCUT2D eigenvalue weighted by Crippen LogP contribution is 2.29. The monoisotopic (exact) mass is 332 g/mol. The molecule has 0 spiro atoms. The third kappa shape index (κ3) is 3.81. The molecule has 20 heavy (non-hydrogen) atoms. The predicted octanol–water partition coefficient (Wildman–Crippen LogP) is 3.03. The summed E-state index contributed by atoms with van der Waals surface area (Å²) in [5.74, 6) is -0.725. The maximum absolute atomic E-state index is 12.9. The molecule has 0 fully saturated rings. The van der Waals surface area contributed by atoms with Crippen molar-refractivity contribution in [2.45, 2.75) is 16.5 Å². The second-order valence-corrected chi connectivity index (χ2v) is 6.78. The number of aromatic nitrogens is 2. The van der Waals surface area contributed by atoms with Gasteiger partial charge in [0, 0.05) is 0 Å². The number of amides is 1. The van der Waals surface area contributed by atoms with Crippen LogP contribution in [0.3, 0.4) is 0 Å². The second-order valence-electron chi connectivity index (χ2n) is 3.78. The number of nitrogens with zero attached hydrogens (tertiary/aromatic N) is 2. The molecule has 3 N–H and O–H groups in total. The number of nitrogen functional groups attached to an aromatic ring is 1. The van der Waals surface area contributed by atoms with Crippen molar-refractivity contribution in [3.05, 3.63) is 29.0 Å². The highest BCUT2D eigenvalue weighted by Gasteiger charge is 2.18. The summed E-state index contributed by atoms with van der Waals surface area (Å²) in [6, 6.07) is 3.78. The molecule has 5 nitrogen and oxygen atoms in total. The minimum Gasteiger partial charge on any atom is -0.374 e. The van der Waals surface area contributed by atoms with Crippen LogP contribution < -0.4 is 11.1 Å². The summed E-state index contributed by atoms with van der Waals surface area (Å²) in [4.78, 5) is 12.0. The number of carbonyl (C=O) groups excluding carboxylic acids is 1. The standard InChI is InChI=1S/C11H10ClFN4OS2/c1-5(19-11-17-16-10(14)20-11)9(18)15-8-3-2-6(13)4-7(8)12/h2-5H,1H3,(H2,14,16)(H,15,18). The van der Waals surface area contributed by atoms with E-state index in [1.54, 1.807) is 6.92 Å². The summed E-state index contributed by atoms with van der Waals surface area (Å²) in [6.07, 6.45) is 0. The number of rotatable bonds is 4. The first-order chi connectivity index (χ1) is 9.45. The third-order valence-electron chi connectivity index (χ3n) is 2.26. The zero-order valence-corrected chi connectivity index (χ0v) is 12.7. The first-order valence-electron chi connectivity index (χ1n) is 5.47. The number of nitrogens with one attached hydrogen (secondary N) is 1. The van der Waals surface area contributed by atoms with Gasteiger partial charge in [-0.1, -0.05) is 34.7 Å². The van der Waals surface area contributed by atoms with Crippen molar-refractivity contribution in [3.8, 4) is 0 Å². The fourth-order valence-electron chi connectivity index (χ4n) is 1.30. The van der Waals surface area contributed by atoms with Crippen LogP contribution in [0.2, 0.25) is 5.02 Å². The van der Waals surface area contributed by atoms with Gasteiger partial charge < -0.3 is 11.1 Å². The molecule has 1 atom stereocenters. The minimum absolute atomic E-state index is 0.149. The molecule has 0 radical (unpaired) electrons. The molecule has 2 rings (SSSR count). The Hall–Kier alpha value is -1.38. The van der Waals surface area contributed by atoms with Crippen molar-refractivity contribution in [2.75, 3.05) is 11.1 Å². The molecule has 2 aromatic rings. The topological polar surface area (TPSA) is 80.9 Å². The lowest BCUT2D eigenvalue weighted by Crippen LogP contribution is -2.22. The molecule has 1 aromatic heterocycles. The molecular formula is C11H10ClFN4OS2. The molecule has 1 heterocycles. The Labute approximate surface area is 127 Å². The highest BCUT2D eigenvalue weighted by atomic mass is 35.5. The van der Waals surface area contributed by atoms with Crippen LogP contribution in [0.1, 0.15) is 6.92 Å². The van der Waals surface area contributed by atoms with Crippen LogP contribution in [0.25, 0.3) is 0 Å². The van der Waals surface area contributed by atoms with Crippen LogP contribution in [-0.2, 0) is 4.79 Å². The average Bonchev–Trinajstić information content (AvgIpc) is 2.78. The van der Waals surface area contributed by atoms with Gasteiger partial charge in [-0.25, -0.2) is 4.39 Å². The van der Waals surface area contributed by atoms with Gasteiger partial charge in [-0.05, 0) is 25.1 Å². The number of hydrogen-bond donors (Lipinski definition) is 2. The third-order valence-corrected chi connectivity index (χ3v) is 4.51. The van der Waals surface area contributed by atoms with E-state index in [0.29, 0.717) is 15.2 Å². The SMILES string of the molecule is CC(Sc1nnc(N)s1)C(=O)Nc1ccc(F)cc1Cl. The first-order valence-corrected chi connectivity index (χ1v) is 7.54. The quantitative estimate of drug-likeness (QED) is 0.841. The van der Waals surface area contributed by atoms with Crippen LogP contribution in [0.15, 0.2) is 22.5 Å². The normalized spacial score (nSPS) is 12.2. The number of anilines is 2. The van der Waals surface area contributed by atoms with Gasteiger partial charge in [0.1, 0.15) is 5.82 Å². The largest absolute Gasteiger partial charge is 0.374 e. The molecule has 0 aliphatic rings. The van der Waals surface area contributed by atoms with E-state index in [0.717, 1.165) is 6.07 Å². The highest BCUT2D eigenvalue weighted by molar-refractivity contribution is 8.02. The fraction of sp³-hybridized carbons (Fsp3) is 0.182. The van der Waals surface area contributed by atoms with Crippen LogP contribution in [-0.4, -0.2) is 21.4 Å². The van der Waals surface area contributed by atoms with Crippen molar-refractivity contribution in [1.82, 2.24) is 10.2 Å². The summed E-state index contributed by atoms with van der Waals surface area (Å²) >= 11 is 8.29. The van der Waals surface area contributed by atoms with Gasteiger partial charge in [0.2, 0.25) is 11.0 Å². The van der Waals surface area contributed by atoms with Crippen LogP contribution >= 0.6 is 34.7 Å². The van der Waals surface area contributed by atoms with Gasteiger partial charge in [0.25, 0.3) is 0 Å². The second kappa shape index (κ2) is 6.38. The minimum atomic E-state index is -0.459. The van der Waals surface area contributed by atoms with Gasteiger partial charge in [0.05, 0.1) is 16.0 Å². The molecule has 1 unspecified atom stereocenters. The molecule has 0 saturated carbocycles. The average molecular weight is 333 g/mol. The van der Waals surface area contributed by atoms with E-state index in [2.05, 4.69) is 15.5 Å². The molecule has 1 amide bonds. The number of hydrogen-bond acceptors (Lipinski definition) is 6. The van der Waals surface area contributed by atoms with E-state index in [1.807, 2.05) is 0 Å².